The van der Waals surface area contributed by atoms with E-state index in [1.54, 1.807) is 0 Å². The van der Waals surface area contributed by atoms with E-state index < -0.39 is 44.3 Å². The molecule has 1 aliphatic rings. The molecular formula is C12H14F3NO2S. The molecule has 0 amide bonds. The molecule has 1 aromatic rings. The van der Waals surface area contributed by atoms with E-state index in [9.17, 15) is 21.6 Å². The number of hydrogen-bond donors (Lipinski definition) is 1. The van der Waals surface area contributed by atoms with Crippen LogP contribution in [0.1, 0.15) is 19.3 Å². The average Bonchev–Trinajstić information content (AvgIpc) is 2.70. The van der Waals surface area contributed by atoms with E-state index in [4.69, 9.17) is 0 Å². The maximum atomic E-state index is 13.5. The normalized spacial score (nSPS) is 23.6. The van der Waals surface area contributed by atoms with Crippen molar-refractivity contribution in [2.24, 2.45) is 0 Å². The van der Waals surface area contributed by atoms with E-state index >= 15 is 0 Å². The zero-order chi connectivity index (χ0) is 14.2. The molecule has 1 aliphatic carbocycles. The van der Waals surface area contributed by atoms with Crippen LogP contribution < -0.4 is 5.32 Å². The van der Waals surface area contributed by atoms with Crippen LogP contribution in [0.3, 0.4) is 0 Å². The number of rotatable bonds is 3. The lowest BCUT2D eigenvalue weighted by molar-refractivity contribution is 0.541. The van der Waals surface area contributed by atoms with Crippen LogP contribution in [0.15, 0.2) is 12.1 Å². The van der Waals surface area contributed by atoms with Gasteiger partial charge < -0.3 is 5.32 Å². The predicted octanol–water partition coefficient (Wildman–Crippen LogP) is 2.48. The van der Waals surface area contributed by atoms with Gasteiger partial charge in [-0.1, -0.05) is 0 Å². The first-order valence-electron chi connectivity index (χ1n) is 5.89. The number of nitrogens with one attached hydrogen (secondary N) is 1. The summed E-state index contributed by atoms with van der Waals surface area (Å²) in [7, 11) is -3.29. The van der Waals surface area contributed by atoms with E-state index in [0.29, 0.717) is 31.4 Å². The van der Waals surface area contributed by atoms with Crippen LogP contribution in [-0.4, -0.2) is 26.0 Å². The van der Waals surface area contributed by atoms with Crippen LogP contribution in [0.25, 0.3) is 0 Å². The van der Waals surface area contributed by atoms with Gasteiger partial charge in [-0.15, -0.1) is 0 Å². The summed E-state index contributed by atoms with van der Waals surface area (Å²) in [5.74, 6) is -3.13. The molecule has 0 saturated heterocycles. The van der Waals surface area contributed by atoms with Crippen molar-refractivity contribution >= 4 is 15.5 Å². The highest BCUT2D eigenvalue weighted by molar-refractivity contribution is 7.91. The van der Waals surface area contributed by atoms with Crippen molar-refractivity contribution in [1.29, 1.82) is 0 Å². The van der Waals surface area contributed by atoms with Gasteiger partial charge >= 0.3 is 0 Å². The molecule has 2 rings (SSSR count). The fourth-order valence-corrected chi connectivity index (χ4v) is 3.86. The molecule has 0 aliphatic heterocycles. The van der Waals surface area contributed by atoms with E-state index in [1.807, 2.05) is 0 Å². The first-order chi connectivity index (χ1) is 8.79. The zero-order valence-corrected chi connectivity index (χ0v) is 11.1. The Hall–Kier alpha value is -1.24. The van der Waals surface area contributed by atoms with E-state index in [0.717, 1.165) is 6.26 Å². The molecule has 2 atom stereocenters. The second-order valence-electron chi connectivity index (χ2n) is 4.79. The van der Waals surface area contributed by atoms with Crippen LogP contribution in [0.5, 0.6) is 0 Å². The fraction of sp³-hybridized carbons (Fsp3) is 0.500. The highest BCUT2D eigenvalue weighted by Crippen LogP contribution is 2.30. The van der Waals surface area contributed by atoms with E-state index in [2.05, 4.69) is 5.32 Å². The second-order valence-corrected chi connectivity index (χ2v) is 7.06. The summed E-state index contributed by atoms with van der Waals surface area (Å²) >= 11 is 0. The maximum absolute atomic E-state index is 13.5. The molecule has 0 bridgehead atoms. The molecule has 1 fully saturated rings. The minimum Gasteiger partial charge on any atom is -0.376 e. The van der Waals surface area contributed by atoms with Gasteiger partial charge in [0.05, 0.1) is 5.25 Å². The lowest BCUT2D eigenvalue weighted by atomic mass is 10.2. The lowest BCUT2D eigenvalue weighted by Crippen LogP contribution is -2.35. The van der Waals surface area contributed by atoms with E-state index in [-0.39, 0.29) is 0 Å². The molecule has 106 valence electrons. The fourth-order valence-electron chi connectivity index (χ4n) is 2.47. The molecule has 1 N–H and O–H groups in total. The Balaban J connectivity index is 2.27. The van der Waals surface area contributed by atoms with E-state index in [1.165, 1.54) is 0 Å². The number of hydrogen-bond acceptors (Lipinski definition) is 3. The quantitative estimate of drug-likeness (QED) is 0.931. The van der Waals surface area contributed by atoms with Crippen molar-refractivity contribution in [3.05, 3.63) is 29.6 Å². The Bertz CT molecular complexity index is 566. The summed E-state index contributed by atoms with van der Waals surface area (Å²) in [6.07, 6.45) is 2.74. The molecular weight excluding hydrogens is 279 g/mol. The number of halogens is 3. The van der Waals surface area contributed by atoms with Gasteiger partial charge in [0.1, 0.15) is 11.5 Å². The molecule has 0 aromatic heterocycles. The summed E-state index contributed by atoms with van der Waals surface area (Å²) in [5, 5.41) is 1.90. The van der Waals surface area contributed by atoms with Crippen LogP contribution >= 0.6 is 0 Å². The molecule has 19 heavy (non-hydrogen) atoms. The second kappa shape index (κ2) is 5.03. The third-order valence-corrected chi connectivity index (χ3v) is 5.00. The molecule has 0 heterocycles. The van der Waals surface area contributed by atoms with Gasteiger partial charge in [-0.2, -0.15) is 0 Å². The summed E-state index contributed by atoms with van der Waals surface area (Å²) < 4.78 is 62.9. The third-order valence-electron chi connectivity index (χ3n) is 3.34. The largest absolute Gasteiger partial charge is 0.376 e. The zero-order valence-electron chi connectivity index (χ0n) is 10.3. The van der Waals surface area contributed by atoms with Crippen LogP contribution in [0.2, 0.25) is 0 Å². The molecule has 2 unspecified atom stereocenters. The Morgan fingerprint density at radius 3 is 2.26 bits per heavy atom. The summed E-state index contributed by atoms with van der Waals surface area (Å²) in [6.45, 7) is 0. The van der Waals surface area contributed by atoms with Crippen molar-refractivity contribution in [3.63, 3.8) is 0 Å². The van der Waals surface area contributed by atoms with Gasteiger partial charge in [0.25, 0.3) is 0 Å². The molecule has 0 spiro atoms. The monoisotopic (exact) mass is 293 g/mol. The summed E-state index contributed by atoms with van der Waals surface area (Å²) in [4.78, 5) is 0. The Morgan fingerprint density at radius 1 is 1.16 bits per heavy atom. The van der Waals surface area contributed by atoms with Gasteiger partial charge in [-0.05, 0) is 19.3 Å². The van der Waals surface area contributed by atoms with Gasteiger partial charge in [0, 0.05) is 24.4 Å². The highest BCUT2D eigenvalue weighted by Gasteiger charge is 2.35. The Labute approximate surface area is 109 Å². The summed E-state index contributed by atoms with van der Waals surface area (Å²) in [6, 6.07) is 0.579. The molecule has 1 saturated carbocycles. The maximum Gasteiger partial charge on any atom is 0.152 e. The van der Waals surface area contributed by atoms with Crippen molar-refractivity contribution in [3.8, 4) is 0 Å². The molecule has 1 aromatic carbocycles. The van der Waals surface area contributed by atoms with Crippen molar-refractivity contribution in [2.75, 3.05) is 11.6 Å². The SMILES string of the molecule is CS(=O)(=O)C1CCCC1Nc1c(F)cc(F)cc1F. The van der Waals surface area contributed by atoms with Crippen molar-refractivity contribution < 1.29 is 21.6 Å². The molecule has 7 heteroatoms. The number of sulfone groups is 1. The van der Waals surface area contributed by atoms with Gasteiger partial charge in [0.2, 0.25) is 0 Å². The smallest absolute Gasteiger partial charge is 0.152 e. The molecule has 0 radical (unpaired) electrons. The lowest BCUT2D eigenvalue weighted by Gasteiger charge is -2.21. The minimum atomic E-state index is -3.29. The standard InChI is InChI=1S/C12H14F3NO2S/c1-19(17,18)11-4-2-3-10(11)16-12-8(14)5-7(13)6-9(12)15/h5-6,10-11,16H,2-4H2,1H3. The third kappa shape index (κ3) is 3.02. The van der Waals surface area contributed by atoms with Crippen LogP contribution in [0, 0.1) is 17.5 Å². The van der Waals surface area contributed by atoms with Crippen molar-refractivity contribution in [2.45, 2.75) is 30.6 Å². The predicted molar refractivity (Wildman–Crippen MR) is 66.2 cm³/mol. The summed E-state index contributed by atoms with van der Waals surface area (Å²) in [5.41, 5.74) is -0.470. The minimum absolute atomic E-state index is 0.459. The van der Waals surface area contributed by atoms with Crippen LogP contribution in [0.4, 0.5) is 18.9 Å². The molecule has 3 nitrogen and oxygen atoms in total. The van der Waals surface area contributed by atoms with Crippen molar-refractivity contribution in [1.82, 2.24) is 0 Å². The highest BCUT2D eigenvalue weighted by atomic mass is 32.2. The van der Waals surface area contributed by atoms with Gasteiger partial charge in [-0.3, -0.25) is 0 Å². The number of benzene rings is 1. The van der Waals surface area contributed by atoms with Crippen LogP contribution in [-0.2, 0) is 9.84 Å². The number of anilines is 1. The first kappa shape index (κ1) is 14.2. The Morgan fingerprint density at radius 2 is 1.74 bits per heavy atom. The average molecular weight is 293 g/mol. The van der Waals surface area contributed by atoms with Gasteiger partial charge in [-0.25, -0.2) is 21.6 Å². The Kier molecular flexibility index (Phi) is 3.75. The van der Waals surface area contributed by atoms with Gasteiger partial charge in [0.15, 0.2) is 21.5 Å². The first-order valence-corrected chi connectivity index (χ1v) is 7.84. The topological polar surface area (TPSA) is 46.2 Å².